The fourth-order valence-corrected chi connectivity index (χ4v) is 3.74. The molecular weight excluding hydrogens is 420 g/mol. The molecule has 7 heteroatoms. The van der Waals surface area contributed by atoms with Crippen molar-refractivity contribution in [3.05, 3.63) is 65.7 Å². The van der Waals surface area contributed by atoms with Crippen LogP contribution in [0, 0.1) is 0 Å². The summed E-state index contributed by atoms with van der Waals surface area (Å²) in [7, 11) is 4.81. The summed E-state index contributed by atoms with van der Waals surface area (Å²) < 4.78 is 16.9. The van der Waals surface area contributed by atoms with Gasteiger partial charge in [-0.25, -0.2) is 0 Å². The highest BCUT2D eigenvalue weighted by Crippen LogP contribution is 2.32. The van der Waals surface area contributed by atoms with Gasteiger partial charge in [-0.3, -0.25) is 9.59 Å². The first kappa shape index (κ1) is 24.2. The highest BCUT2D eigenvalue weighted by Gasteiger charge is 2.28. The summed E-state index contributed by atoms with van der Waals surface area (Å²) in [5.74, 6) is 1.27. The van der Waals surface area contributed by atoms with Crippen molar-refractivity contribution in [3.8, 4) is 17.2 Å². The van der Waals surface area contributed by atoms with Crippen LogP contribution in [-0.4, -0.2) is 50.1 Å². The number of fused-ring (bicyclic) bond motifs is 1. The second kappa shape index (κ2) is 10.9. The van der Waals surface area contributed by atoms with E-state index in [4.69, 9.17) is 14.2 Å². The quantitative estimate of drug-likeness (QED) is 0.709. The third-order valence-corrected chi connectivity index (χ3v) is 5.87. The molecule has 0 saturated carbocycles. The van der Waals surface area contributed by atoms with Gasteiger partial charge < -0.3 is 24.4 Å². The van der Waals surface area contributed by atoms with Crippen LogP contribution in [0.25, 0.3) is 0 Å². The maximum absolute atomic E-state index is 13.2. The first-order valence-electron chi connectivity index (χ1n) is 11.1. The van der Waals surface area contributed by atoms with Crippen LogP contribution in [-0.2, 0) is 4.79 Å². The molecule has 0 spiro atoms. The zero-order valence-corrected chi connectivity index (χ0v) is 19.8. The number of amides is 2. The van der Waals surface area contributed by atoms with Gasteiger partial charge in [0, 0.05) is 25.1 Å². The van der Waals surface area contributed by atoms with Gasteiger partial charge in [0.05, 0.1) is 31.9 Å². The van der Waals surface area contributed by atoms with E-state index in [1.807, 2.05) is 37.3 Å². The van der Waals surface area contributed by atoms with Crippen molar-refractivity contribution in [3.63, 3.8) is 0 Å². The minimum atomic E-state index is -0.693. The van der Waals surface area contributed by atoms with E-state index >= 15 is 0 Å². The summed E-state index contributed by atoms with van der Waals surface area (Å²) in [6, 6.07) is 11.6. The summed E-state index contributed by atoms with van der Waals surface area (Å²) in [6.07, 6.45) is 5.17. The van der Waals surface area contributed by atoms with E-state index in [0.29, 0.717) is 35.7 Å². The Morgan fingerprint density at radius 1 is 1.00 bits per heavy atom. The fraction of sp³-hybridized carbons (Fsp3) is 0.385. The maximum atomic E-state index is 13.2. The summed E-state index contributed by atoms with van der Waals surface area (Å²) >= 11 is 0. The molecule has 1 N–H and O–H groups in total. The molecule has 0 radical (unpaired) electrons. The van der Waals surface area contributed by atoms with Crippen molar-refractivity contribution in [1.29, 1.82) is 0 Å². The Bertz CT molecular complexity index is 1020. The normalized spacial score (nSPS) is 22.9. The van der Waals surface area contributed by atoms with Crippen LogP contribution in [0.15, 0.2) is 54.6 Å². The SMILES string of the molecule is COc1ccc([C@@H]2C/C=C/C[C@H](C)Oc3ccccc3C(=O)N(C)[C@H](C)C(=O)N2)c(OC)c1. The monoisotopic (exact) mass is 452 g/mol. The zero-order valence-electron chi connectivity index (χ0n) is 19.8. The Morgan fingerprint density at radius 3 is 2.45 bits per heavy atom. The first-order valence-corrected chi connectivity index (χ1v) is 11.1. The number of nitrogens with zero attached hydrogens (tertiary/aromatic N) is 1. The van der Waals surface area contributed by atoms with Gasteiger partial charge in [-0.1, -0.05) is 24.3 Å². The summed E-state index contributed by atoms with van der Waals surface area (Å²) in [5.41, 5.74) is 1.26. The summed E-state index contributed by atoms with van der Waals surface area (Å²) in [5, 5.41) is 3.10. The molecule has 1 heterocycles. The van der Waals surface area contributed by atoms with E-state index in [1.165, 1.54) is 4.90 Å². The number of hydrogen-bond donors (Lipinski definition) is 1. The Labute approximate surface area is 195 Å². The van der Waals surface area contributed by atoms with Crippen LogP contribution in [0.2, 0.25) is 0 Å². The predicted molar refractivity (Wildman–Crippen MR) is 127 cm³/mol. The Balaban J connectivity index is 1.96. The predicted octanol–water partition coefficient (Wildman–Crippen LogP) is 4.14. The number of benzene rings is 2. The zero-order chi connectivity index (χ0) is 24.0. The molecule has 0 fully saturated rings. The molecule has 2 aromatic rings. The third-order valence-electron chi connectivity index (χ3n) is 5.87. The van der Waals surface area contributed by atoms with Crippen LogP contribution >= 0.6 is 0 Å². The molecule has 0 bridgehead atoms. The van der Waals surface area contributed by atoms with E-state index in [0.717, 1.165) is 5.56 Å². The van der Waals surface area contributed by atoms with Crippen molar-refractivity contribution in [2.45, 2.75) is 44.9 Å². The molecular formula is C26H32N2O5. The number of nitrogens with one attached hydrogen (secondary N) is 1. The summed E-state index contributed by atoms with van der Waals surface area (Å²) in [6.45, 7) is 3.68. The van der Waals surface area contributed by atoms with E-state index in [-0.39, 0.29) is 24.0 Å². The number of hydrogen-bond acceptors (Lipinski definition) is 5. The number of carbonyl (C=O) groups is 2. The minimum absolute atomic E-state index is 0.121. The molecule has 3 atom stereocenters. The molecule has 1 aliphatic rings. The molecule has 3 rings (SSSR count). The van der Waals surface area contributed by atoms with Crippen molar-refractivity contribution in [2.75, 3.05) is 21.3 Å². The number of likely N-dealkylation sites (N-methyl/N-ethyl adjacent to an activating group) is 1. The number of rotatable bonds is 3. The lowest BCUT2D eigenvalue weighted by molar-refractivity contribution is -0.125. The molecule has 0 unspecified atom stereocenters. The van der Waals surface area contributed by atoms with E-state index in [2.05, 4.69) is 5.32 Å². The molecule has 0 aromatic heterocycles. The van der Waals surface area contributed by atoms with Gasteiger partial charge in [0.1, 0.15) is 23.3 Å². The highest BCUT2D eigenvalue weighted by molar-refractivity contribution is 5.99. The van der Waals surface area contributed by atoms with Gasteiger partial charge in [0.15, 0.2) is 0 Å². The Kier molecular flexibility index (Phi) is 7.98. The summed E-state index contributed by atoms with van der Waals surface area (Å²) in [4.78, 5) is 27.8. The van der Waals surface area contributed by atoms with Crippen molar-refractivity contribution >= 4 is 11.8 Å². The van der Waals surface area contributed by atoms with E-state index < -0.39 is 6.04 Å². The number of carbonyl (C=O) groups excluding carboxylic acids is 2. The molecule has 0 saturated heterocycles. The molecule has 2 amide bonds. The lowest BCUT2D eigenvalue weighted by Crippen LogP contribution is -2.47. The van der Waals surface area contributed by atoms with Crippen molar-refractivity contribution < 1.29 is 23.8 Å². The maximum Gasteiger partial charge on any atom is 0.258 e. The molecule has 176 valence electrons. The molecule has 7 nitrogen and oxygen atoms in total. The van der Waals surface area contributed by atoms with Gasteiger partial charge >= 0.3 is 0 Å². The lowest BCUT2D eigenvalue weighted by atomic mass is 10.0. The number of methoxy groups -OCH3 is 2. The standard InChI is InChI=1S/C26H32N2O5/c1-17-10-6-8-12-22(20-15-14-19(31-4)16-24(20)32-5)27-25(29)18(2)28(3)26(30)21-11-7-9-13-23(21)33-17/h6-9,11,13-18,22H,10,12H2,1-5H3,(H,27,29)/b8-6+/t17-,18+,22-/m0/s1. The molecule has 1 aliphatic heterocycles. The van der Waals surface area contributed by atoms with Crippen molar-refractivity contribution in [2.24, 2.45) is 0 Å². The first-order chi connectivity index (χ1) is 15.8. The minimum Gasteiger partial charge on any atom is -0.497 e. The van der Waals surface area contributed by atoms with Gasteiger partial charge in [-0.2, -0.15) is 0 Å². The molecule has 2 aromatic carbocycles. The topological polar surface area (TPSA) is 77.1 Å². The Hall–Kier alpha value is -3.48. The lowest BCUT2D eigenvalue weighted by Gasteiger charge is -2.28. The van der Waals surface area contributed by atoms with Crippen LogP contribution in [0.3, 0.4) is 0 Å². The average molecular weight is 453 g/mol. The van der Waals surface area contributed by atoms with E-state index in [9.17, 15) is 9.59 Å². The van der Waals surface area contributed by atoms with Crippen LogP contribution in [0.4, 0.5) is 0 Å². The van der Waals surface area contributed by atoms with Crippen LogP contribution in [0.1, 0.15) is 48.7 Å². The molecule has 33 heavy (non-hydrogen) atoms. The number of ether oxygens (including phenoxy) is 3. The third kappa shape index (κ3) is 5.66. The highest BCUT2D eigenvalue weighted by atomic mass is 16.5. The van der Waals surface area contributed by atoms with E-state index in [1.54, 1.807) is 52.5 Å². The van der Waals surface area contributed by atoms with Crippen LogP contribution in [0.5, 0.6) is 17.2 Å². The average Bonchev–Trinajstić information content (AvgIpc) is 2.83. The van der Waals surface area contributed by atoms with Crippen LogP contribution < -0.4 is 19.5 Å². The van der Waals surface area contributed by atoms with Crippen molar-refractivity contribution in [1.82, 2.24) is 10.2 Å². The Morgan fingerprint density at radius 2 is 1.73 bits per heavy atom. The van der Waals surface area contributed by atoms with Gasteiger partial charge in [0.25, 0.3) is 5.91 Å². The largest absolute Gasteiger partial charge is 0.497 e. The second-order valence-corrected chi connectivity index (χ2v) is 8.13. The smallest absolute Gasteiger partial charge is 0.258 e. The van der Waals surface area contributed by atoms with Gasteiger partial charge in [-0.05, 0) is 44.5 Å². The number of para-hydroxylation sites is 1. The van der Waals surface area contributed by atoms with Gasteiger partial charge in [0.2, 0.25) is 5.91 Å². The fourth-order valence-electron chi connectivity index (χ4n) is 3.74. The van der Waals surface area contributed by atoms with Gasteiger partial charge in [-0.15, -0.1) is 0 Å². The molecule has 0 aliphatic carbocycles. The second-order valence-electron chi connectivity index (χ2n) is 8.13.